The summed E-state index contributed by atoms with van der Waals surface area (Å²) in [4.78, 5) is 2.20. The second-order valence-corrected chi connectivity index (χ2v) is 7.55. The van der Waals surface area contributed by atoms with Crippen molar-refractivity contribution in [1.82, 2.24) is 10.2 Å². The van der Waals surface area contributed by atoms with E-state index in [1.165, 1.54) is 0 Å². The summed E-state index contributed by atoms with van der Waals surface area (Å²) in [5.41, 5.74) is 0. The van der Waals surface area contributed by atoms with Gasteiger partial charge in [0.25, 0.3) is 0 Å². The van der Waals surface area contributed by atoms with Crippen LogP contribution in [0.5, 0.6) is 0 Å². The number of hydrogen-bond donors (Lipinski definition) is 1. The predicted octanol–water partition coefficient (Wildman–Crippen LogP) is 0.493. The van der Waals surface area contributed by atoms with E-state index >= 15 is 0 Å². The van der Waals surface area contributed by atoms with Crippen molar-refractivity contribution in [3.8, 4) is 0 Å². The number of piperidine rings is 1. The summed E-state index contributed by atoms with van der Waals surface area (Å²) >= 11 is 0. The lowest BCUT2D eigenvalue weighted by Crippen LogP contribution is -2.43. The van der Waals surface area contributed by atoms with Crippen LogP contribution >= 0.6 is 0 Å². The molecule has 1 saturated heterocycles. The molecule has 0 aromatic heterocycles. The van der Waals surface area contributed by atoms with Crippen molar-refractivity contribution < 1.29 is 8.42 Å². The first-order valence-corrected chi connectivity index (χ1v) is 7.77. The van der Waals surface area contributed by atoms with Crippen molar-refractivity contribution >= 4 is 9.84 Å². The molecule has 0 aliphatic carbocycles. The maximum atomic E-state index is 11.7. The monoisotopic (exact) mass is 248 g/mol. The third-order valence-electron chi connectivity index (χ3n) is 3.38. The molecule has 0 atom stereocenters. The molecule has 16 heavy (non-hydrogen) atoms. The zero-order chi connectivity index (χ0) is 12.2. The third-order valence-corrected chi connectivity index (χ3v) is 5.57. The van der Waals surface area contributed by atoms with Gasteiger partial charge in [-0.25, -0.2) is 8.42 Å². The normalized spacial score (nSPS) is 19.6. The van der Waals surface area contributed by atoms with Crippen LogP contribution in [0.4, 0.5) is 0 Å². The van der Waals surface area contributed by atoms with E-state index in [-0.39, 0.29) is 11.0 Å². The lowest BCUT2D eigenvalue weighted by atomic mass is 10.1. The average molecular weight is 248 g/mol. The molecule has 1 fully saturated rings. The fraction of sp³-hybridized carbons (Fsp3) is 1.00. The first kappa shape index (κ1) is 13.9. The van der Waals surface area contributed by atoms with Gasteiger partial charge in [-0.2, -0.15) is 0 Å². The van der Waals surface area contributed by atoms with Crippen LogP contribution < -0.4 is 5.32 Å². The van der Waals surface area contributed by atoms with Gasteiger partial charge in [0, 0.05) is 12.6 Å². The molecule has 96 valence electrons. The number of hydrogen-bond acceptors (Lipinski definition) is 4. The summed E-state index contributed by atoms with van der Waals surface area (Å²) in [6.07, 6.45) is 2.25. The predicted molar refractivity (Wildman–Crippen MR) is 67.4 cm³/mol. The molecule has 0 unspecified atom stereocenters. The first-order valence-electron chi connectivity index (χ1n) is 6.06. The minimum Gasteiger partial charge on any atom is -0.317 e. The Morgan fingerprint density at radius 2 is 1.88 bits per heavy atom. The minimum absolute atomic E-state index is 0.256. The van der Waals surface area contributed by atoms with E-state index in [4.69, 9.17) is 0 Å². The Morgan fingerprint density at radius 1 is 1.31 bits per heavy atom. The highest BCUT2D eigenvalue weighted by molar-refractivity contribution is 7.92. The molecule has 4 nitrogen and oxygen atoms in total. The van der Waals surface area contributed by atoms with Crippen LogP contribution in [0.1, 0.15) is 26.7 Å². The second-order valence-electron chi connectivity index (χ2n) is 4.88. The fourth-order valence-electron chi connectivity index (χ4n) is 1.94. The molecular weight excluding hydrogens is 224 g/mol. The minimum atomic E-state index is -2.89. The number of nitrogens with zero attached hydrogens (tertiary/aromatic N) is 1. The average Bonchev–Trinajstić information content (AvgIpc) is 2.27. The van der Waals surface area contributed by atoms with E-state index in [2.05, 4.69) is 10.2 Å². The Balaban J connectivity index is 2.37. The Labute approximate surface area is 99.3 Å². The van der Waals surface area contributed by atoms with Gasteiger partial charge in [-0.05, 0) is 46.8 Å². The van der Waals surface area contributed by atoms with Gasteiger partial charge in [0.2, 0.25) is 0 Å². The van der Waals surface area contributed by atoms with Gasteiger partial charge in [-0.15, -0.1) is 0 Å². The van der Waals surface area contributed by atoms with Crippen molar-refractivity contribution in [3.05, 3.63) is 0 Å². The van der Waals surface area contributed by atoms with E-state index in [0.717, 1.165) is 25.9 Å². The summed E-state index contributed by atoms with van der Waals surface area (Å²) in [6, 6.07) is 0.545. The Bertz CT molecular complexity index is 295. The molecule has 0 bridgehead atoms. The molecule has 1 heterocycles. The van der Waals surface area contributed by atoms with Crippen molar-refractivity contribution in [2.75, 3.05) is 32.4 Å². The molecule has 1 aliphatic rings. The van der Waals surface area contributed by atoms with Gasteiger partial charge in [-0.3, -0.25) is 0 Å². The van der Waals surface area contributed by atoms with Gasteiger partial charge >= 0.3 is 0 Å². The smallest absolute Gasteiger partial charge is 0.153 e. The highest BCUT2D eigenvalue weighted by Crippen LogP contribution is 2.10. The number of sulfone groups is 1. The molecule has 0 aromatic carbocycles. The molecular formula is C11H24N2O2S. The SMILES string of the molecule is CC(C)S(=O)(=O)CCN(C)C1CCNCC1. The highest BCUT2D eigenvalue weighted by atomic mass is 32.2. The second kappa shape index (κ2) is 5.98. The number of nitrogens with one attached hydrogen (secondary N) is 1. The van der Waals surface area contributed by atoms with E-state index in [1.54, 1.807) is 13.8 Å². The maximum absolute atomic E-state index is 11.7. The maximum Gasteiger partial charge on any atom is 0.153 e. The molecule has 0 spiro atoms. The zero-order valence-electron chi connectivity index (χ0n) is 10.6. The van der Waals surface area contributed by atoms with Gasteiger partial charge in [0.05, 0.1) is 11.0 Å². The lowest BCUT2D eigenvalue weighted by Gasteiger charge is -2.31. The molecule has 0 radical (unpaired) electrons. The van der Waals surface area contributed by atoms with E-state index in [1.807, 2.05) is 7.05 Å². The standard InChI is InChI=1S/C11H24N2O2S/c1-10(2)16(14,15)9-8-13(3)11-4-6-12-7-5-11/h10-12H,4-9H2,1-3H3. The van der Waals surface area contributed by atoms with Gasteiger partial charge < -0.3 is 10.2 Å². The van der Waals surface area contributed by atoms with E-state index < -0.39 is 9.84 Å². The van der Waals surface area contributed by atoms with E-state index in [0.29, 0.717) is 12.6 Å². The summed E-state index contributed by atoms with van der Waals surface area (Å²) in [7, 11) is -0.856. The zero-order valence-corrected chi connectivity index (χ0v) is 11.4. The van der Waals surface area contributed by atoms with Crippen molar-refractivity contribution in [1.29, 1.82) is 0 Å². The lowest BCUT2D eigenvalue weighted by molar-refractivity contribution is 0.209. The van der Waals surface area contributed by atoms with Crippen LogP contribution in [0.2, 0.25) is 0 Å². The molecule has 1 rings (SSSR count). The van der Waals surface area contributed by atoms with Crippen molar-refractivity contribution in [2.24, 2.45) is 0 Å². The van der Waals surface area contributed by atoms with E-state index in [9.17, 15) is 8.42 Å². The van der Waals surface area contributed by atoms with Crippen molar-refractivity contribution in [3.63, 3.8) is 0 Å². The summed E-state index contributed by atoms with van der Waals surface area (Å²) in [5.74, 6) is 0.283. The molecule has 1 N–H and O–H groups in total. The summed E-state index contributed by atoms with van der Waals surface area (Å²) in [5, 5.41) is 3.06. The molecule has 0 saturated carbocycles. The van der Waals surface area contributed by atoms with Gasteiger partial charge in [0.1, 0.15) is 0 Å². The van der Waals surface area contributed by atoms with Crippen LogP contribution in [-0.4, -0.2) is 57.0 Å². The Hall–Kier alpha value is -0.130. The van der Waals surface area contributed by atoms with Gasteiger partial charge in [0.15, 0.2) is 9.84 Å². The Morgan fingerprint density at radius 3 is 2.38 bits per heavy atom. The topological polar surface area (TPSA) is 49.4 Å². The van der Waals surface area contributed by atoms with Crippen molar-refractivity contribution in [2.45, 2.75) is 38.0 Å². The molecule has 5 heteroatoms. The highest BCUT2D eigenvalue weighted by Gasteiger charge is 2.21. The fourth-order valence-corrected chi connectivity index (χ4v) is 2.95. The largest absolute Gasteiger partial charge is 0.317 e. The summed E-state index contributed by atoms with van der Waals surface area (Å²) in [6.45, 7) is 6.25. The Kier molecular flexibility index (Phi) is 5.21. The quantitative estimate of drug-likeness (QED) is 0.769. The number of rotatable bonds is 5. The van der Waals surface area contributed by atoms with Gasteiger partial charge in [-0.1, -0.05) is 0 Å². The van der Waals surface area contributed by atoms with Crippen LogP contribution in [0, 0.1) is 0 Å². The molecule has 1 aliphatic heterocycles. The molecule has 0 aromatic rings. The van der Waals surface area contributed by atoms with Crippen LogP contribution in [0.15, 0.2) is 0 Å². The molecule has 0 amide bonds. The van der Waals surface area contributed by atoms with Crippen LogP contribution in [0.3, 0.4) is 0 Å². The van der Waals surface area contributed by atoms with Crippen LogP contribution in [-0.2, 0) is 9.84 Å². The third kappa shape index (κ3) is 4.03. The van der Waals surface area contributed by atoms with Crippen LogP contribution in [0.25, 0.3) is 0 Å². The first-order chi connectivity index (χ1) is 7.43. The summed E-state index contributed by atoms with van der Waals surface area (Å²) < 4.78 is 23.4.